The minimum atomic E-state index is -0.240. The first kappa shape index (κ1) is 15.6. The van der Waals surface area contributed by atoms with Gasteiger partial charge < -0.3 is 18.9 Å². The van der Waals surface area contributed by atoms with Crippen LogP contribution in [0.1, 0.15) is 41.1 Å². The van der Waals surface area contributed by atoms with Gasteiger partial charge in [-0.2, -0.15) is 0 Å². The molecule has 0 N–H and O–H groups in total. The van der Waals surface area contributed by atoms with E-state index in [1.807, 2.05) is 41.8 Å². The molecule has 5 rings (SSSR count). The highest BCUT2D eigenvalue weighted by atomic mass is 16.5. The van der Waals surface area contributed by atoms with Crippen molar-refractivity contribution in [3.63, 3.8) is 0 Å². The van der Waals surface area contributed by atoms with Crippen molar-refractivity contribution in [1.29, 1.82) is 0 Å². The number of aryl methyl sites for hydroxylation is 1. The number of pyridine rings is 1. The third-order valence-corrected chi connectivity index (χ3v) is 5.56. The molecule has 3 atom stereocenters. The third-order valence-electron chi connectivity index (χ3n) is 5.56. The van der Waals surface area contributed by atoms with Gasteiger partial charge in [0.25, 0.3) is 5.91 Å². The molecule has 0 aliphatic carbocycles. The summed E-state index contributed by atoms with van der Waals surface area (Å²) < 4.78 is 13.8. The van der Waals surface area contributed by atoms with E-state index in [0.29, 0.717) is 12.3 Å². The maximum atomic E-state index is 13.2. The van der Waals surface area contributed by atoms with E-state index in [4.69, 9.17) is 9.47 Å². The number of nitrogens with zero attached hydrogens (tertiary/aromatic N) is 2. The molecule has 6 heteroatoms. The number of carbonyl (C=O) groups excluding carboxylic acids is 1. The third kappa shape index (κ3) is 2.15. The molecule has 4 heterocycles. The Labute approximate surface area is 150 Å². The second-order valence-electron chi connectivity index (χ2n) is 7.21. The fourth-order valence-electron chi connectivity index (χ4n) is 4.38. The van der Waals surface area contributed by atoms with Crippen LogP contribution in [0.3, 0.4) is 0 Å². The first-order valence-corrected chi connectivity index (χ1v) is 9.04. The summed E-state index contributed by atoms with van der Waals surface area (Å²) in [6, 6.07) is 11.3. The molecule has 0 spiro atoms. The van der Waals surface area contributed by atoms with Gasteiger partial charge in [0.1, 0.15) is 6.61 Å². The second-order valence-corrected chi connectivity index (χ2v) is 7.21. The molecule has 3 aliphatic rings. The van der Waals surface area contributed by atoms with Gasteiger partial charge in [0, 0.05) is 11.8 Å². The van der Waals surface area contributed by atoms with Crippen molar-refractivity contribution in [2.75, 3.05) is 6.61 Å². The van der Waals surface area contributed by atoms with Crippen molar-refractivity contribution in [1.82, 2.24) is 9.47 Å². The van der Waals surface area contributed by atoms with Crippen molar-refractivity contribution in [2.45, 2.75) is 44.7 Å². The van der Waals surface area contributed by atoms with Gasteiger partial charge in [-0.1, -0.05) is 30.3 Å². The van der Waals surface area contributed by atoms with Crippen LogP contribution in [0.25, 0.3) is 0 Å². The molecule has 0 bridgehead atoms. The standard InChI is InChI=1S/C20H20N2O4/c1-12-10-26-20-15-8-7-14-9-16(23)18(17(22(14)15)19(24)21(12)20)25-11-13-5-3-2-4-6-13/h2-6,9,12,15,20H,7-8,10-11H2,1H3/t12-,15?,20?/m0/s1. The average Bonchev–Trinajstić information content (AvgIpc) is 3.23. The summed E-state index contributed by atoms with van der Waals surface area (Å²) in [5.74, 6) is -0.00721. The van der Waals surface area contributed by atoms with Crippen LogP contribution in [0.2, 0.25) is 0 Å². The Bertz CT molecular complexity index is 937. The SMILES string of the molecule is C[C@H]1COC2C3CCc4cc(=O)c(OCc5ccccc5)c(n43)C(=O)N21. The Morgan fingerprint density at radius 3 is 2.85 bits per heavy atom. The zero-order valence-corrected chi connectivity index (χ0v) is 14.6. The molecule has 1 amide bonds. The highest BCUT2D eigenvalue weighted by Gasteiger charge is 2.50. The largest absolute Gasteiger partial charge is 0.483 e. The topological polar surface area (TPSA) is 60.8 Å². The molecule has 1 aromatic carbocycles. The predicted molar refractivity (Wildman–Crippen MR) is 94.2 cm³/mol. The van der Waals surface area contributed by atoms with Gasteiger partial charge in [0.15, 0.2) is 17.7 Å². The van der Waals surface area contributed by atoms with E-state index in [9.17, 15) is 9.59 Å². The summed E-state index contributed by atoms with van der Waals surface area (Å²) in [7, 11) is 0. The molecular weight excluding hydrogens is 332 g/mol. The number of hydrogen-bond acceptors (Lipinski definition) is 4. The summed E-state index contributed by atoms with van der Waals surface area (Å²) in [4.78, 5) is 27.7. The van der Waals surface area contributed by atoms with Crippen LogP contribution in [0.15, 0.2) is 41.2 Å². The van der Waals surface area contributed by atoms with Crippen LogP contribution < -0.4 is 10.2 Å². The van der Waals surface area contributed by atoms with Gasteiger partial charge in [0.05, 0.1) is 18.7 Å². The van der Waals surface area contributed by atoms with Crippen molar-refractivity contribution in [3.8, 4) is 5.75 Å². The first-order valence-electron chi connectivity index (χ1n) is 9.04. The fraction of sp³-hybridized carbons (Fsp3) is 0.400. The highest BCUT2D eigenvalue weighted by molar-refractivity contribution is 5.97. The van der Waals surface area contributed by atoms with Crippen molar-refractivity contribution < 1.29 is 14.3 Å². The normalized spacial score (nSPS) is 26.0. The second kappa shape index (κ2) is 5.71. The quantitative estimate of drug-likeness (QED) is 0.849. The molecule has 2 aromatic rings. The Kier molecular flexibility index (Phi) is 3.43. The van der Waals surface area contributed by atoms with E-state index in [-0.39, 0.29) is 42.0 Å². The maximum Gasteiger partial charge on any atom is 0.276 e. The molecule has 26 heavy (non-hydrogen) atoms. The summed E-state index contributed by atoms with van der Waals surface area (Å²) in [5.41, 5.74) is 2.03. The molecule has 1 fully saturated rings. The van der Waals surface area contributed by atoms with E-state index >= 15 is 0 Å². The van der Waals surface area contributed by atoms with Crippen LogP contribution >= 0.6 is 0 Å². The van der Waals surface area contributed by atoms with Crippen LogP contribution in [0.4, 0.5) is 0 Å². The minimum absolute atomic E-state index is 0.00239. The number of rotatable bonds is 3. The minimum Gasteiger partial charge on any atom is -0.483 e. The summed E-state index contributed by atoms with van der Waals surface area (Å²) in [5, 5.41) is 0. The fourth-order valence-corrected chi connectivity index (χ4v) is 4.38. The monoisotopic (exact) mass is 352 g/mol. The smallest absolute Gasteiger partial charge is 0.276 e. The van der Waals surface area contributed by atoms with Gasteiger partial charge in [-0.05, 0) is 25.3 Å². The molecular formula is C20H20N2O4. The van der Waals surface area contributed by atoms with Crippen molar-refractivity contribution in [3.05, 3.63) is 63.6 Å². The van der Waals surface area contributed by atoms with E-state index < -0.39 is 0 Å². The van der Waals surface area contributed by atoms with Crippen LogP contribution in [-0.2, 0) is 17.8 Å². The van der Waals surface area contributed by atoms with Gasteiger partial charge in [-0.25, -0.2) is 0 Å². The zero-order valence-electron chi connectivity index (χ0n) is 14.6. The van der Waals surface area contributed by atoms with Gasteiger partial charge in [0.2, 0.25) is 5.43 Å². The summed E-state index contributed by atoms with van der Waals surface area (Å²) >= 11 is 0. The van der Waals surface area contributed by atoms with E-state index in [1.165, 1.54) is 0 Å². The molecule has 1 saturated heterocycles. The number of amides is 1. The number of benzene rings is 1. The highest BCUT2D eigenvalue weighted by Crippen LogP contribution is 2.42. The number of aromatic nitrogens is 1. The zero-order chi connectivity index (χ0) is 17.8. The van der Waals surface area contributed by atoms with Crippen molar-refractivity contribution in [2.24, 2.45) is 0 Å². The molecule has 1 aromatic heterocycles. The lowest BCUT2D eigenvalue weighted by Crippen LogP contribution is -2.50. The van der Waals surface area contributed by atoms with E-state index in [1.54, 1.807) is 11.0 Å². The molecule has 134 valence electrons. The number of hydrogen-bond donors (Lipinski definition) is 0. The Morgan fingerprint density at radius 2 is 2.04 bits per heavy atom. The van der Waals surface area contributed by atoms with Gasteiger partial charge >= 0.3 is 0 Å². The lowest BCUT2D eigenvalue weighted by atomic mass is 10.1. The van der Waals surface area contributed by atoms with E-state index in [0.717, 1.165) is 24.1 Å². The number of fused-ring (bicyclic) bond motifs is 2. The molecule has 0 saturated carbocycles. The van der Waals surface area contributed by atoms with E-state index in [2.05, 4.69) is 0 Å². The number of carbonyl (C=O) groups is 1. The lowest BCUT2D eigenvalue weighted by molar-refractivity contribution is -0.0146. The number of ether oxygens (including phenoxy) is 2. The van der Waals surface area contributed by atoms with Crippen LogP contribution in [0.5, 0.6) is 5.75 Å². The van der Waals surface area contributed by atoms with Gasteiger partial charge in [-0.3, -0.25) is 9.59 Å². The van der Waals surface area contributed by atoms with Crippen LogP contribution in [-0.4, -0.2) is 34.3 Å². The van der Waals surface area contributed by atoms with Crippen LogP contribution in [0, 0.1) is 0 Å². The summed E-state index contributed by atoms with van der Waals surface area (Å²) in [6.07, 6.45) is 1.41. The molecule has 6 nitrogen and oxygen atoms in total. The molecule has 3 aliphatic heterocycles. The Balaban J connectivity index is 1.60. The molecule has 0 radical (unpaired) electrons. The summed E-state index contributed by atoms with van der Waals surface area (Å²) in [6.45, 7) is 2.77. The van der Waals surface area contributed by atoms with Gasteiger partial charge in [-0.15, -0.1) is 0 Å². The Hall–Kier alpha value is -2.60. The lowest BCUT2D eigenvalue weighted by Gasteiger charge is -2.38. The first-order chi connectivity index (χ1) is 12.6. The molecule has 2 unspecified atom stereocenters. The predicted octanol–water partition coefficient (Wildman–Crippen LogP) is 2.12. The average molecular weight is 352 g/mol. The Morgan fingerprint density at radius 1 is 1.23 bits per heavy atom. The maximum absolute atomic E-state index is 13.2. The van der Waals surface area contributed by atoms with Crippen molar-refractivity contribution >= 4 is 5.91 Å².